The minimum absolute atomic E-state index is 0.0436. The molecule has 0 unspecified atom stereocenters. The van der Waals surface area contributed by atoms with Crippen molar-refractivity contribution in [2.24, 2.45) is 0 Å². The molecule has 0 bridgehead atoms. The lowest BCUT2D eigenvalue weighted by molar-refractivity contribution is -0.109. The van der Waals surface area contributed by atoms with Crippen LogP contribution in [0.3, 0.4) is 0 Å². The molecule has 0 aliphatic heterocycles. The summed E-state index contributed by atoms with van der Waals surface area (Å²) in [4.78, 5) is 25.7. The van der Waals surface area contributed by atoms with Crippen LogP contribution in [-0.2, 0) is 24.6 Å². The highest BCUT2D eigenvalue weighted by Crippen LogP contribution is 2.48. The molecule has 8 heteroatoms. The third kappa shape index (κ3) is 4.98. The Hall–Kier alpha value is -4.07. The molecule has 6 nitrogen and oxygen atoms in total. The standard InChI is InChI=1S/C32H25ClN2O4S/c1-20(36)40-17-16-35-24-13-12-23(33)27-28(24)31(34-35)29-25(38-18-21-8-4-2-5-9-21)14-15-26(30(29)32(27)37)39-19-22-10-6-3-7-11-22/h2-15H,16-19H2,1H3. The van der Waals surface area contributed by atoms with Gasteiger partial charge < -0.3 is 9.47 Å². The van der Waals surface area contributed by atoms with E-state index in [9.17, 15) is 9.59 Å². The number of nitrogens with zero attached hydrogens (tertiary/aromatic N) is 2. The fourth-order valence-corrected chi connectivity index (χ4v) is 5.75. The van der Waals surface area contributed by atoms with E-state index in [0.717, 1.165) is 16.6 Å². The first-order valence-corrected chi connectivity index (χ1v) is 14.3. The number of benzene rings is 4. The second kappa shape index (κ2) is 11.2. The van der Waals surface area contributed by atoms with Gasteiger partial charge in [0.25, 0.3) is 0 Å². The molecule has 1 aromatic heterocycles. The van der Waals surface area contributed by atoms with Crippen LogP contribution >= 0.6 is 23.4 Å². The number of rotatable bonds is 9. The molecule has 0 saturated carbocycles. The summed E-state index contributed by atoms with van der Waals surface area (Å²) in [6, 6.07) is 26.9. The summed E-state index contributed by atoms with van der Waals surface area (Å²) < 4.78 is 14.4. The lowest BCUT2D eigenvalue weighted by Gasteiger charge is -2.22. The van der Waals surface area contributed by atoms with E-state index < -0.39 is 0 Å². The van der Waals surface area contributed by atoms with Crippen molar-refractivity contribution in [2.75, 3.05) is 5.75 Å². The molecule has 0 atom stereocenters. The first-order chi connectivity index (χ1) is 19.5. The largest absolute Gasteiger partial charge is 0.488 e. The maximum atomic E-state index is 14.2. The van der Waals surface area contributed by atoms with Gasteiger partial charge in [-0.1, -0.05) is 84.0 Å². The number of hydrogen-bond acceptors (Lipinski definition) is 6. The quantitative estimate of drug-likeness (QED) is 0.182. The van der Waals surface area contributed by atoms with Gasteiger partial charge in [0.2, 0.25) is 0 Å². The lowest BCUT2D eigenvalue weighted by atomic mass is 9.86. The summed E-state index contributed by atoms with van der Waals surface area (Å²) in [5.74, 6) is 1.30. The molecule has 0 fully saturated rings. The summed E-state index contributed by atoms with van der Waals surface area (Å²) in [6.07, 6.45) is 0. The highest BCUT2D eigenvalue weighted by Gasteiger charge is 2.36. The molecule has 0 spiro atoms. The van der Waals surface area contributed by atoms with Crippen LogP contribution in [0.15, 0.2) is 84.9 Å². The zero-order chi connectivity index (χ0) is 27.6. The fourth-order valence-electron chi connectivity index (χ4n) is 4.95. The number of aromatic nitrogens is 2. The van der Waals surface area contributed by atoms with Gasteiger partial charge in [0.15, 0.2) is 10.9 Å². The molecule has 5 aromatic rings. The molecule has 0 saturated heterocycles. The molecular weight excluding hydrogens is 544 g/mol. The Balaban J connectivity index is 1.49. The van der Waals surface area contributed by atoms with E-state index in [4.69, 9.17) is 26.2 Å². The average Bonchev–Trinajstić information content (AvgIpc) is 3.33. The molecular formula is C32H25ClN2O4S. The van der Waals surface area contributed by atoms with Crippen molar-refractivity contribution in [1.82, 2.24) is 9.78 Å². The molecule has 0 N–H and O–H groups in total. The SMILES string of the molecule is CC(=O)SCCn1nc2c3c(c(Cl)ccc31)C(=O)c1c(OCc3ccccc3)ccc(OCc3ccccc3)c1-2. The van der Waals surface area contributed by atoms with Crippen LogP contribution in [0, 0.1) is 0 Å². The second-order valence-corrected chi connectivity index (χ2v) is 11.1. The van der Waals surface area contributed by atoms with Gasteiger partial charge in [-0.2, -0.15) is 5.10 Å². The zero-order valence-corrected chi connectivity index (χ0v) is 23.3. The van der Waals surface area contributed by atoms with E-state index in [1.165, 1.54) is 11.8 Å². The third-order valence-electron chi connectivity index (χ3n) is 6.77. The molecule has 40 heavy (non-hydrogen) atoms. The van der Waals surface area contributed by atoms with Crippen molar-refractivity contribution >= 4 is 45.2 Å². The van der Waals surface area contributed by atoms with Crippen molar-refractivity contribution < 1.29 is 19.1 Å². The number of ketones is 1. The van der Waals surface area contributed by atoms with E-state index in [1.807, 2.05) is 77.5 Å². The van der Waals surface area contributed by atoms with Gasteiger partial charge in [0, 0.05) is 18.1 Å². The fraction of sp³-hybridized carbons (Fsp3) is 0.156. The number of thioether (sulfide) groups is 1. The third-order valence-corrected chi connectivity index (χ3v) is 7.88. The van der Waals surface area contributed by atoms with Crippen molar-refractivity contribution in [3.8, 4) is 22.8 Å². The maximum Gasteiger partial charge on any atom is 0.199 e. The van der Waals surface area contributed by atoms with Gasteiger partial charge in [-0.3, -0.25) is 14.3 Å². The molecule has 0 radical (unpaired) electrons. The van der Waals surface area contributed by atoms with Crippen molar-refractivity contribution in [1.29, 1.82) is 0 Å². The molecule has 0 amide bonds. The number of fused-ring (bicyclic) bond motifs is 2. The normalized spacial score (nSPS) is 11.9. The first-order valence-electron chi connectivity index (χ1n) is 12.9. The van der Waals surface area contributed by atoms with Crippen molar-refractivity contribution in [2.45, 2.75) is 26.7 Å². The van der Waals surface area contributed by atoms with Crippen molar-refractivity contribution in [3.05, 3.63) is 112 Å². The number of aryl methyl sites for hydroxylation is 1. The highest BCUT2D eigenvalue weighted by molar-refractivity contribution is 8.13. The minimum atomic E-state index is -0.232. The van der Waals surface area contributed by atoms with E-state index in [1.54, 1.807) is 19.1 Å². The average molecular weight is 569 g/mol. The summed E-state index contributed by atoms with van der Waals surface area (Å²) in [6.45, 7) is 2.67. The molecule has 200 valence electrons. The maximum absolute atomic E-state index is 14.2. The summed E-state index contributed by atoms with van der Waals surface area (Å²) in [7, 11) is 0. The van der Waals surface area contributed by atoms with Crippen LogP contribution in [0.4, 0.5) is 0 Å². The van der Waals surface area contributed by atoms with E-state index in [-0.39, 0.29) is 10.9 Å². The van der Waals surface area contributed by atoms with Crippen LogP contribution < -0.4 is 9.47 Å². The van der Waals surface area contributed by atoms with Crippen LogP contribution in [0.25, 0.3) is 22.2 Å². The molecule has 1 heterocycles. The number of hydrogen-bond donors (Lipinski definition) is 0. The molecule has 6 rings (SSSR count). The topological polar surface area (TPSA) is 70.4 Å². The first kappa shape index (κ1) is 26.2. The van der Waals surface area contributed by atoms with Gasteiger partial charge >= 0.3 is 0 Å². The second-order valence-electron chi connectivity index (χ2n) is 9.42. The Morgan fingerprint density at radius 3 is 2.02 bits per heavy atom. The molecule has 1 aliphatic carbocycles. The summed E-state index contributed by atoms with van der Waals surface area (Å²) in [5, 5.41) is 6.03. The van der Waals surface area contributed by atoms with E-state index in [0.29, 0.717) is 69.8 Å². The highest BCUT2D eigenvalue weighted by atomic mass is 35.5. The minimum Gasteiger partial charge on any atom is -0.488 e. The van der Waals surface area contributed by atoms with Gasteiger partial charge in [0.05, 0.1) is 33.8 Å². The monoisotopic (exact) mass is 568 g/mol. The Morgan fingerprint density at radius 1 is 0.825 bits per heavy atom. The van der Waals surface area contributed by atoms with Gasteiger partial charge in [-0.05, 0) is 35.4 Å². The predicted octanol–water partition coefficient (Wildman–Crippen LogP) is 7.34. The number of ether oxygens (including phenoxy) is 2. The Morgan fingerprint density at radius 2 is 1.43 bits per heavy atom. The number of halogens is 1. The van der Waals surface area contributed by atoms with Gasteiger partial charge in [0.1, 0.15) is 30.4 Å². The predicted molar refractivity (Wildman–Crippen MR) is 158 cm³/mol. The van der Waals surface area contributed by atoms with Crippen LogP contribution in [0.5, 0.6) is 11.5 Å². The zero-order valence-electron chi connectivity index (χ0n) is 21.7. The van der Waals surface area contributed by atoms with Gasteiger partial charge in [-0.15, -0.1) is 0 Å². The summed E-state index contributed by atoms with van der Waals surface area (Å²) >= 11 is 7.89. The van der Waals surface area contributed by atoms with E-state index in [2.05, 4.69) is 0 Å². The number of carbonyl (C=O) groups excluding carboxylic acids is 2. The Kier molecular flexibility index (Phi) is 7.32. The van der Waals surface area contributed by atoms with Crippen LogP contribution in [0.2, 0.25) is 5.02 Å². The Bertz CT molecular complexity index is 1740. The lowest BCUT2D eigenvalue weighted by Crippen LogP contribution is -2.14. The molecule has 1 aliphatic rings. The number of carbonyl (C=O) groups is 2. The van der Waals surface area contributed by atoms with Gasteiger partial charge in [-0.25, -0.2) is 0 Å². The van der Waals surface area contributed by atoms with Crippen LogP contribution in [-0.4, -0.2) is 26.4 Å². The molecule has 4 aromatic carbocycles. The summed E-state index contributed by atoms with van der Waals surface area (Å²) in [5.41, 5.74) is 4.75. The smallest absolute Gasteiger partial charge is 0.199 e. The Labute approximate surface area is 240 Å². The van der Waals surface area contributed by atoms with E-state index >= 15 is 0 Å². The van der Waals surface area contributed by atoms with Crippen LogP contribution in [0.1, 0.15) is 34.0 Å². The van der Waals surface area contributed by atoms with Crippen molar-refractivity contribution in [3.63, 3.8) is 0 Å².